The maximum atomic E-state index is 12.4. The van der Waals surface area contributed by atoms with Crippen molar-refractivity contribution in [1.82, 2.24) is 9.99 Å². The number of azo groups is 1. The predicted molar refractivity (Wildman–Crippen MR) is 88.3 cm³/mol. The number of hydrogen-bond donors (Lipinski definition) is 0. The fraction of sp³-hybridized carbons (Fsp3) is 0.125. The summed E-state index contributed by atoms with van der Waals surface area (Å²) in [6.07, 6.45) is 2.95. The number of amides is 2. The zero-order chi connectivity index (χ0) is 17.1. The zero-order valence-corrected chi connectivity index (χ0v) is 13.4. The van der Waals surface area contributed by atoms with Crippen LogP contribution < -0.4 is 0 Å². The Morgan fingerprint density at radius 1 is 1.17 bits per heavy atom. The normalized spacial score (nSPS) is 17.4. The maximum absolute atomic E-state index is 12.4. The van der Waals surface area contributed by atoms with E-state index in [1.165, 1.54) is 24.5 Å². The van der Waals surface area contributed by atoms with Crippen molar-refractivity contribution in [3.8, 4) is 0 Å². The minimum absolute atomic E-state index is 0.324. The van der Waals surface area contributed by atoms with Gasteiger partial charge in [0.2, 0.25) is 0 Å². The number of nitrogens with zero attached hydrogens (tertiary/aromatic N) is 5. The van der Waals surface area contributed by atoms with E-state index in [0.717, 1.165) is 5.01 Å². The number of hydrazone groups is 1. The van der Waals surface area contributed by atoms with Crippen LogP contribution in [0.4, 0.5) is 5.69 Å². The smallest absolute Gasteiger partial charge is 0.269 e. The van der Waals surface area contributed by atoms with Gasteiger partial charge in [-0.1, -0.05) is 11.6 Å². The van der Waals surface area contributed by atoms with E-state index in [2.05, 4.69) is 20.3 Å². The summed E-state index contributed by atoms with van der Waals surface area (Å²) >= 11 is 5.80. The van der Waals surface area contributed by atoms with Crippen LogP contribution in [0.5, 0.6) is 0 Å². The van der Waals surface area contributed by atoms with E-state index >= 15 is 0 Å². The zero-order valence-electron chi connectivity index (χ0n) is 12.6. The molecule has 0 unspecified atom stereocenters. The summed E-state index contributed by atoms with van der Waals surface area (Å²) in [5.74, 6) is -1.06. The van der Waals surface area contributed by atoms with Crippen molar-refractivity contribution >= 4 is 34.8 Å². The summed E-state index contributed by atoms with van der Waals surface area (Å²) < 4.78 is 0. The van der Waals surface area contributed by atoms with Crippen LogP contribution >= 0.6 is 11.6 Å². The number of imide groups is 1. The first-order valence-corrected chi connectivity index (χ1v) is 7.44. The number of halogens is 1. The lowest BCUT2D eigenvalue weighted by atomic mass is 10.2. The molecule has 1 atom stereocenters. The number of rotatable bonds is 3. The molecule has 0 aliphatic carbocycles. The fourth-order valence-electron chi connectivity index (χ4n) is 2.08. The van der Waals surface area contributed by atoms with Crippen molar-refractivity contribution in [3.05, 3.63) is 59.4 Å². The molecule has 2 heterocycles. The third-order valence-corrected chi connectivity index (χ3v) is 3.58. The first-order chi connectivity index (χ1) is 11.6. The molecule has 120 valence electrons. The number of hydrogen-bond acceptors (Lipinski definition) is 6. The predicted octanol–water partition coefficient (Wildman–Crippen LogP) is 3.25. The van der Waals surface area contributed by atoms with Gasteiger partial charge in [0.15, 0.2) is 6.04 Å². The molecule has 2 aromatic rings. The molecule has 3 rings (SSSR count). The van der Waals surface area contributed by atoms with Gasteiger partial charge in [0, 0.05) is 23.0 Å². The molecular weight excluding hydrogens is 330 g/mol. The molecule has 0 N–H and O–H groups in total. The van der Waals surface area contributed by atoms with Crippen LogP contribution in [0.2, 0.25) is 5.02 Å². The lowest BCUT2D eigenvalue weighted by Gasteiger charge is -2.10. The molecule has 1 aliphatic heterocycles. The Kier molecular flexibility index (Phi) is 4.43. The molecule has 7 nitrogen and oxygen atoms in total. The van der Waals surface area contributed by atoms with E-state index < -0.39 is 17.9 Å². The summed E-state index contributed by atoms with van der Waals surface area (Å²) in [6, 6.07) is 8.83. The highest BCUT2D eigenvalue weighted by Crippen LogP contribution is 2.20. The molecule has 0 saturated carbocycles. The Morgan fingerprint density at radius 2 is 1.83 bits per heavy atom. The van der Waals surface area contributed by atoms with Gasteiger partial charge in [-0.25, -0.2) is 0 Å². The second-order valence-electron chi connectivity index (χ2n) is 5.03. The van der Waals surface area contributed by atoms with E-state index in [9.17, 15) is 9.59 Å². The Balaban J connectivity index is 1.78. The molecule has 1 aliphatic rings. The van der Waals surface area contributed by atoms with Gasteiger partial charge in [-0.15, -0.1) is 0 Å². The summed E-state index contributed by atoms with van der Waals surface area (Å²) in [5.41, 5.74) is 1.28. The van der Waals surface area contributed by atoms with E-state index in [-0.39, 0.29) is 0 Å². The lowest BCUT2D eigenvalue weighted by Crippen LogP contribution is -2.34. The molecule has 24 heavy (non-hydrogen) atoms. The van der Waals surface area contributed by atoms with Gasteiger partial charge in [0.1, 0.15) is 0 Å². The standard InChI is InChI=1S/C16H12ClN5O2/c1-10-14(20-19-13-4-2-12(17)3-5-13)16(24)22(21-10)15(23)11-6-8-18-9-7-11/h2-9,14H,1H3/t14-/m0/s1. The monoisotopic (exact) mass is 341 g/mol. The first-order valence-electron chi connectivity index (χ1n) is 7.06. The molecular formula is C16H12ClN5O2. The van der Waals surface area contributed by atoms with Crippen LogP contribution in [0.1, 0.15) is 17.3 Å². The average Bonchev–Trinajstić information content (AvgIpc) is 2.89. The Bertz CT molecular complexity index is 833. The number of benzene rings is 1. The van der Waals surface area contributed by atoms with Gasteiger partial charge in [0.25, 0.3) is 11.8 Å². The first kappa shape index (κ1) is 15.9. The van der Waals surface area contributed by atoms with Gasteiger partial charge in [0.05, 0.1) is 11.4 Å². The highest BCUT2D eigenvalue weighted by atomic mass is 35.5. The highest BCUT2D eigenvalue weighted by Gasteiger charge is 2.38. The summed E-state index contributed by atoms with van der Waals surface area (Å²) in [5, 5.41) is 13.4. The summed E-state index contributed by atoms with van der Waals surface area (Å²) in [7, 11) is 0. The Morgan fingerprint density at radius 3 is 2.50 bits per heavy atom. The van der Waals surface area contributed by atoms with Gasteiger partial charge >= 0.3 is 0 Å². The van der Waals surface area contributed by atoms with Crippen molar-refractivity contribution in [2.75, 3.05) is 0 Å². The van der Waals surface area contributed by atoms with Crippen LogP contribution in [-0.2, 0) is 4.79 Å². The quantitative estimate of drug-likeness (QED) is 0.634. The molecule has 0 spiro atoms. The highest BCUT2D eigenvalue weighted by molar-refractivity contribution is 6.30. The van der Waals surface area contributed by atoms with E-state index in [1.807, 2.05) is 0 Å². The molecule has 2 amide bonds. The molecule has 0 radical (unpaired) electrons. The minimum Gasteiger partial charge on any atom is -0.269 e. The molecule has 1 aromatic heterocycles. The Labute approximate surface area is 142 Å². The number of carbonyl (C=O) groups is 2. The van der Waals surface area contributed by atoms with Gasteiger partial charge in [-0.2, -0.15) is 20.3 Å². The second kappa shape index (κ2) is 6.67. The van der Waals surface area contributed by atoms with E-state index in [0.29, 0.717) is 22.0 Å². The largest absolute Gasteiger partial charge is 0.282 e. The van der Waals surface area contributed by atoms with Gasteiger partial charge in [-0.05, 0) is 43.3 Å². The van der Waals surface area contributed by atoms with Crippen LogP contribution in [-0.4, -0.2) is 33.6 Å². The molecule has 0 fully saturated rings. The van der Waals surface area contributed by atoms with Crippen LogP contribution in [0.15, 0.2) is 64.1 Å². The number of aromatic nitrogens is 1. The van der Waals surface area contributed by atoms with Gasteiger partial charge in [-0.3, -0.25) is 14.6 Å². The molecule has 1 aromatic carbocycles. The average molecular weight is 342 g/mol. The fourth-order valence-corrected chi connectivity index (χ4v) is 2.21. The molecule has 0 saturated heterocycles. The van der Waals surface area contributed by atoms with Crippen molar-refractivity contribution < 1.29 is 9.59 Å². The third-order valence-electron chi connectivity index (χ3n) is 3.33. The lowest BCUT2D eigenvalue weighted by molar-refractivity contribution is -0.127. The van der Waals surface area contributed by atoms with Gasteiger partial charge < -0.3 is 0 Å². The van der Waals surface area contributed by atoms with Crippen molar-refractivity contribution in [2.24, 2.45) is 15.3 Å². The second-order valence-corrected chi connectivity index (χ2v) is 5.46. The SMILES string of the molecule is CC1=NN(C(=O)c2ccncc2)C(=O)[C@H]1N=Nc1ccc(Cl)cc1. The summed E-state index contributed by atoms with van der Waals surface area (Å²) in [6.45, 7) is 1.63. The Hall–Kier alpha value is -2.93. The minimum atomic E-state index is -0.911. The van der Waals surface area contributed by atoms with Crippen molar-refractivity contribution in [3.63, 3.8) is 0 Å². The van der Waals surface area contributed by atoms with E-state index in [4.69, 9.17) is 11.6 Å². The summed E-state index contributed by atoms with van der Waals surface area (Å²) in [4.78, 5) is 28.6. The van der Waals surface area contributed by atoms with Crippen molar-refractivity contribution in [2.45, 2.75) is 13.0 Å². The van der Waals surface area contributed by atoms with Crippen molar-refractivity contribution in [1.29, 1.82) is 0 Å². The molecule has 0 bridgehead atoms. The number of pyridine rings is 1. The maximum Gasteiger partial charge on any atom is 0.282 e. The topological polar surface area (TPSA) is 87.4 Å². The van der Waals surface area contributed by atoms with Crippen LogP contribution in [0, 0.1) is 0 Å². The van der Waals surface area contributed by atoms with Crippen LogP contribution in [0.3, 0.4) is 0 Å². The van der Waals surface area contributed by atoms with E-state index in [1.54, 1.807) is 31.2 Å². The van der Waals surface area contributed by atoms with Crippen LogP contribution in [0.25, 0.3) is 0 Å². The molecule has 8 heteroatoms. The third kappa shape index (κ3) is 3.21. The number of carbonyl (C=O) groups excluding carboxylic acids is 2.